The molecule has 2 aromatic carbocycles. The second kappa shape index (κ2) is 6.19. The second-order valence-corrected chi connectivity index (χ2v) is 4.64. The third-order valence-corrected chi connectivity index (χ3v) is 3.01. The van der Waals surface area contributed by atoms with E-state index >= 15 is 0 Å². The zero-order chi connectivity index (χ0) is 14.5. The Morgan fingerprint density at radius 2 is 1.90 bits per heavy atom. The number of halogens is 1. The molecule has 0 saturated heterocycles. The molecule has 3 N–H and O–H groups in total. The van der Waals surface area contributed by atoms with Gasteiger partial charge in [-0.1, -0.05) is 25.5 Å². The maximum atomic E-state index is 13.3. The molecule has 20 heavy (non-hydrogen) atoms. The molecular formula is C16H17FN2O. The minimum Gasteiger partial charge on any atom is -0.396 e. The first-order valence-electron chi connectivity index (χ1n) is 6.55. The van der Waals surface area contributed by atoms with Crippen LogP contribution in [0.3, 0.4) is 0 Å². The van der Waals surface area contributed by atoms with Crippen molar-refractivity contribution in [1.82, 2.24) is 0 Å². The van der Waals surface area contributed by atoms with E-state index in [2.05, 4.69) is 12.2 Å². The number of anilines is 2. The lowest BCUT2D eigenvalue weighted by atomic mass is 10.1. The fraction of sp³-hybridized carbons (Fsp3) is 0.188. The molecule has 0 atom stereocenters. The molecule has 104 valence electrons. The Hall–Kier alpha value is -2.36. The summed E-state index contributed by atoms with van der Waals surface area (Å²) in [6.45, 7) is 2.12. The zero-order valence-corrected chi connectivity index (χ0v) is 11.3. The van der Waals surface area contributed by atoms with Crippen LogP contribution < -0.4 is 11.1 Å². The predicted octanol–water partition coefficient (Wildman–Crippen LogP) is 3.61. The van der Waals surface area contributed by atoms with Gasteiger partial charge in [-0.3, -0.25) is 4.79 Å². The summed E-state index contributed by atoms with van der Waals surface area (Å²) in [5.41, 5.74) is 7.57. The van der Waals surface area contributed by atoms with Crippen LogP contribution in [0.15, 0.2) is 42.5 Å². The van der Waals surface area contributed by atoms with Crippen LogP contribution in [-0.2, 0) is 6.42 Å². The van der Waals surface area contributed by atoms with Crippen molar-refractivity contribution in [3.05, 3.63) is 59.4 Å². The number of hydrogen-bond acceptors (Lipinski definition) is 2. The van der Waals surface area contributed by atoms with Crippen molar-refractivity contribution in [2.75, 3.05) is 11.1 Å². The number of carbonyl (C=O) groups is 1. The van der Waals surface area contributed by atoms with Crippen LogP contribution in [0.5, 0.6) is 0 Å². The number of hydrogen-bond donors (Lipinski definition) is 2. The highest BCUT2D eigenvalue weighted by Gasteiger charge is 2.08. The Labute approximate surface area is 117 Å². The van der Waals surface area contributed by atoms with E-state index in [4.69, 9.17) is 5.73 Å². The monoisotopic (exact) mass is 272 g/mol. The van der Waals surface area contributed by atoms with Gasteiger partial charge >= 0.3 is 0 Å². The Kier molecular flexibility index (Phi) is 4.35. The van der Waals surface area contributed by atoms with Gasteiger partial charge in [-0.2, -0.15) is 0 Å². The number of rotatable bonds is 4. The standard InChI is InChI=1S/C16H17FN2O/c1-2-3-11-4-7-13(8-5-11)19-16(20)12-6-9-15(18)14(17)10-12/h4-10H,2-3,18H2,1H3,(H,19,20). The molecule has 0 unspecified atom stereocenters. The van der Waals surface area contributed by atoms with E-state index < -0.39 is 5.82 Å². The van der Waals surface area contributed by atoms with Crippen molar-refractivity contribution in [2.45, 2.75) is 19.8 Å². The lowest BCUT2D eigenvalue weighted by Crippen LogP contribution is -2.12. The van der Waals surface area contributed by atoms with Gasteiger partial charge in [0, 0.05) is 11.3 Å². The van der Waals surface area contributed by atoms with Crippen molar-refractivity contribution >= 4 is 17.3 Å². The molecule has 0 aromatic heterocycles. The summed E-state index contributed by atoms with van der Waals surface area (Å²) in [5, 5.41) is 2.73. The average molecular weight is 272 g/mol. The molecule has 2 aromatic rings. The van der Waals surface area contributed by atoms with Crippen molar-refractivity contribution in [2.24, 2.45) is 0 Å². The van der Waals surface area contributed by atoms with Gasteiger partial charge in [0.1, 0.15) is 5.82 Å². The molecule has 0 saturated carbocycles. The van der Waals surface area contributed by atoms with E-state index in [0.717, 1.165) is 18.9 Å². The molecule has 4 heteroatoms. The third-order valence-electron chi connectivity index (χ3n) is 3.01. The van der Waals surface area contributed by atoms with Gasteiger partial charge in [0.2, 0.25) is 0 Å². The minimum atomic E-state index is -0.587. The Bertz CT molecular complexity index is 608. The third kappa shape index (κ3) is 3.35. The smallest absolute Gasteiger partial charge is 0.255 e. The molecule has 0 spiro atoms. The van der Waals surface area contributed by atoms with Crippen LogP contribution in [0.2, 0.25) is 0 Å². The van der Waals surface area contributed by atoms with Gasteiger partial charge < -0.3 is 11.1 Å². The van der Waals surface area contributed by atoms with Crippen molar-refractivity contribution < 1.29 is 9.18 Å². The fourth-order valence-electron chi connectivity index (χ4n) is 1.92. The number of nitrogen functional groups attached to an aromatic ring is 1. The molecule has 0 fully saturated rings. The molecule has 0 aliphatic heterocycles. The van der Waals surface area contributed by atoms with Gasteiger partial charge in [0.05, 0.1) is 5.69 Å². The number of nitrogens with one attached hydrogen (secondary N) is 1. The fourth-order valence-corrected chi connectivity index (χ4v) is 1.92. The molecule has 1 amide bonds. The highest BCUT2D eigenvalue weighted by molar-refractivity contribution is 6.04. The van der Waals surface area contributed by atoms with Crippen LogP contribution in [-0.4, -0.2) is 5.91 Å². The molecule has 0 radical (unpaired) electrons. The van der Waals surface area contributed by atoms with Gasteiger partial charge in [-0.15, -0.1) is 0 Å². The summed E-state index contributed by atoms with van der Waals surface area (Å²) in [6, 6.07) is 11.7. The number of aryl methyl sites for hydroxylation is 1. The number of benzene rings is 2. The summed E-state index contributed by atoms with van der Waals surface area (Å²) in [6.07, 6.45) is 2.09. The maximum absolute atomic E-state index is 13.3. The number of nitrogens with two attached hydrogens (primary N) is 1. The second-order valence-electron chi connectivity index (χ2n) is 4.64. The Balaban J connectivity index is 2.08. The molecule has 0 aliphatic carbocycles. The van der Waals surface area contributed by atoms with Gasteiger partial charge in [0.15, 0.2) is 0 Å². The summed E-state index contributed by atoms with van der Waals surface area (Å²) < 4.78 is 13.3. The maximum Gasteiger partial charge on any atom is 0.255 e. The quantitative estimate of drug-likeness (QED) is 0.835. The molecule has 3 nitrogen and oxygen atoms in total. The Morgan fingerprint density at radius 1 is 1.20 bits per heavy atom. The van der Waals surface area contributed by atoms with E-state index in [1.54, 1.807) is 0 Å². The molecule has 0 heterocycles. The van der Waals surface area contributed by atoms with Crippen LogP contribution >= 0.6 is 0 Å². The molecule has 2 rings (SSSR count). The van der Waals surface area contributed by atoms with Crippen LogP contribution in [0.1, 0.15) is 29.3 Å². The van der Waals surface area contributed by atoms with Crippen molar-refractivity contribution in [3.63, 3.8) is 0 Å². The Morgan fingerprint density at radius 3 is 2.50 bits per heavy atom. The first-order chi connectivity index (χ1) is 9.60. The first kappa shape index (κ1) is 14.1. The van der Waals surface area contributed by atoms with Crippen LogP contribution in [0.4, 0.5) is 15.8 Å². The summed E-state index contributed by atoms with van der Waals surface area (Å²) in [4.78, 5) is 12.0. The predicted molar refractivity (Wildman–Crippen MR) is 79.2 cm³/mol. The topological polar surface area (TPSA) is 55.1 Å². The summed E-state index contributed by atoms with van der Waals surface area (Å²) >= 11 is 0. The summed E-state index contributed by atoms with van der Waals surface area (Å²) in [7, 11) is 0. The van der Waals surface area contributed by atoms with Crippen LogP contribution in [0, 0.1) is 5.82 Å². The van der Waals surface area contributed by atoms with Gasteiger partial charge in [-0.05, 0) is 42.3 Å². The lowest BCUT2D eigenvalue weighted by molar-refractivity contribution is 0.102. The lowest BCUT2D eigenvalue weighted by Gasteiger charge is -2.07. The number of carbonyl (C=O) groups excluding carboxylic acids is 1. The zero-order valence-electron chi connectivity index (χ0n) is 11.3. The van der Waals surface area contributed by atoms with E-state index in [1.807, 2.05) is 24.3 Å². The highest BCUT2D eigenvalue weighted by Crippen LogP contribution is 2.15. The van der Waals surface area contributed by atoms with E-state index in [9.17, 15) is 9.18 Å². The normalized spacial score (nSPS) is 10.3. The number of amides is 1. The van der Waals surface area contributed by atoms with E-state index in [-0.39, 0.29) is 17.2 Å². The van der Waals surface area contributed by atoms with Crippen molar-refractivity contribution in [3.8, 4) is 0 Å². The van der Waals surface area contributed by atoms with Gasteiger partial charge in [0.25, 0.3) is 5.91 Å². The molecule has 0 aliphatic rings. The molecule has 0 bridgehead atoms. The first-order valence-corrected chi connectivity index (χ1v) is 6.55. The van der Waals surface area contributed by atoms with Crippen LogP contribution in [0.25, 0.3) is 0 Å². The van der Waals surface area contributed by atoms with Gasteiger partial charge in [-0.25, -0.2) is 4.39 Å². The average Bonchev–Trinajstić information content (AvgIpc) is 2.44. The largest absolute Gasteiger partial charge is 0.396 e. The van der Waals surface area contributed by atoms with E-state index in [0.29, 0.717) is 5.69 Å². The van der Waals surface area contributed by atoms with E-state index in [1.165, 1.54) is 17.7 Å². The highest BCUT2D eigenvalue weighted by atomic mass is 19.1. The minimum absolute atomic E-state index is 0.0328. The molecular weight excluding hydrogens is 255 g/mol. The SMILES string of the molecule is CCCc1ccc(NC(=O)c2ccc(N)c(F)c2)cc1. The summed E-state index contributed by atoms with van der Waals surface area (Å²) in [5.74, 6) is -0.942. The van der Waals surface area contributed by atoms with Crippen molar-refractivity contribution in [1.29, 1.82) is 0 Å².